The SMILES string of the molecule is CN1CCCC(CCC(N)c2ccccc2)C1=O. The van der Waals surface area contributed by atoms with Crippen molar-refractivity contribution in [3.05, 3.63) is 35.9 Å². The molecule has 1 fully saturated rings. The van der Waals surface area contributed by atoms with E-state index in [9.17, 15) is 4.79 Å². The van der Waals surface area contributed by atoms with Crippen LogP contribution < -0.4 is 5.73 Å². The minimum Gasteiger partial charge on any atom is -0.346 e. The largest absolute Gasteiger partial charge is 0.346 e. The third-order valence-electron chi connectivity index (χ3n) is 3.83. The molecule has 2 rings (SSSR count). The molecular formula is C15H22N2O. The second kappa shape index (κ2) is 6.01. The van der Waals surface area contributed by atoms with Gasteiger partial charge in [0.15, 0.2) is 0 Å². The quantitative estimate of drug-likeness (QED) is 0.886. The number of likely N-dealkylation sites (tertiary alicyclic amines) is 1. The summed E-state index contributed by atoms with van der Waals surface area (Å²) in [7, 11) is 1.89. The highest BCUT2D eigenvalue weighted by atomic mass is 16.2. The monoisotopic (exact) mass is 246 g/mol. The summed E-state index contributed by atoms with van der Waals surface area (Å²) in [6, 6.07) is 10.2. The standard InChI is InChI=1S/C15H22N2O/c1-17-11-5-8-13(15(17)18)9-10-14(16)12-6-3-2-4-7-12/h2-4,6-7,13-14H,5,8-11,16H2,1H3. The fourth-order valence-electron chi connectivity index (χ4n) is 2.64. The molecule has 2 atom stereocenters. The van der Waals surface area contributed by atoms with Crippen LogP contribution in [0.5, 0.6) is 0 Å². The molecule has 0 aliphatic carbocycles. The Balaban J connectivity index is 1.86. The van der Waals surface area contributed by atoms with Gasteiger partial charge in [0.1, 0.15) is 0 Å². The van der Waals surface area contributed by atoms with Gasteiger partial charge in [-0.05, 0) is 31.2 Å². The fourth-order valence-corrected chi connectivity index (χ4v) is 2.64. The van der Waals surface area contributed by atoms with Crippen LogP contribution in [0.3, 0.4) is 0 Å². The van der Waals surface area contributed by atoms with Crippen LogP contribution in [-0.2, 0) is 4.79 Å². The normalized spacial score (nSPS) is 22.0. The lowest BCUT2D eigenvalue weighted by atomic mass is 9.90. The van der Waals surface area contributed by atoms with Crippen molar-refractivity contribution in [2.75, 3.05) is 13.6 Å². The van der Waals surface area contributed by atoms with E-state index in [4.69, 9.17) is 5.73 Å². The number of nitrogens with two attached hydrogens (primary N) is 1. The molecule has 0 spiro atoms. The number of piperidine rings is 1. The topological polar surface area (TPSA) is 46.3 Å². The molecule has 18 heavy (non-hydrogen) atoms. The molecule has 2 unspecified atom stereocenters. The van der Waals surface area contributed by atoms with Crippen molar-refractivity contribution < 1.29 is 4.79 Å². The van der Waals surface area contributed by atoms with Crippen molar-refractivity contribution in [2.45, 2.75) is 31.7 Å². The summed E-state index contributed by atoms with van der Waals surface area (Å²) < 4.78 is 0. The minimum atomic E-state index is 0.0474. The van der Waals surface area contributed by atoms with Crippen molar-refractivity contribution in [1.29, 1.82) is 0 Å². The Hall–Kier alpha value is -1.35. The van der Waals surface area contributed by atoms with E-state index in [1.54, 1.807) is 0 Å². The molecule has 98 valence electrons. The van der Waals surface area contributed by atoms with Gasteiger partial charge in [0.05, 0.1) is 0 Å². The van der Waals surface area contributed by atoms with Crippen LogP contribution in [0.25, 0.3) is 0 Å². The number of hydrogen-bond acceptors (Lipinski definition) is 2. The maximum atomic E-state index is 12.0. The van der Waals surface area contributed by atoms with Gasteiger partial charge in [-0.2, -0.15) is 0 Å². The lowest BCUT2D eigenvalue weighted by Gasteiger charge is -2.29. The molecule has 0 bridgehead atoms. The molecule has 1 heterocycles. The van der Waals surface area contributed by atoms with Crippen molar-refractivity contribution >= 4 is 5.91 Å². The van der Waals surface area contributed by atoms with Gasteiger partial charge in [-0.1, -0.05) is 30.3 Å². The number of benzene rings is 1. The van der Waals surface area contributed by atoms with E-state index in [0.29, 0.717) is 5.91 Å². The van der Waals surface area contributed by atoms with Crippen LogP contribution in [0.2, 0.25) is 0 Å². The maximum absolute atomic E-state index is 12.0. The fraction of sp³-hybridized carbons (Fsp3) is 0.533. The summed E-state index contributed by atoms with van der Waals surface area (Å²) >= 11 is 0. The van der Waals surface area contributed by atoms with E-state index in [1.165, 1.54) is 0 Å². The van der Waals surface area contributed by atoms with Gasteiger partial charge in [0, 0.05) is 25.6 Å². The number of hydrogen-bond donors (Lipinski definition) is 1. The van der Waals surface area contributed by atoms with Gasteiger partial charge >= 0.3 is 0 Å². The highest BCUT2D eigenvalue weighted by Gasteiger charge is 2.26. The molecular weight excluding hydrogens is 224 g/mol. The number of amides is 1. The Morgan fingerprint density at radius 1 is 1.39 bits per heavy atom. The van der Waals surface area contributed by atoms with Crippen LogP contribution in [-0.4, -0.2) is 24.4 Å². The molecule has 1 aliphatic heterocycles. The van der Waals surface area contributed by atoms with Gasteiger partial charge in [-0.15, -0.1) is 0 Å². The third-order valence-corrected chi connectivity index (χ3v) is 3.83. The number of rotatable bonds is 4. The van der Waals surface area contributed by atoms with Gasteiger partial charge < -0.3 is 10.6 Å². The predicted molar refractivity (Wildman–Crippen MR) is 73.0 cm³/mol. The van der Waals surface area contributed by atoms with Crippen LogP contribution in [0.15, 0.2) is 30.3 Å². The minimum absolute atomic E-state index is 0.0474. The molecule has 0 aromatic heterocycles. The van der Waals surface area contributed by atoms with Gasteiger partial charge in [0.25, 0.3) is 0 Å². The lowest BCUT2D eigenvalue weighted by molar-refractivity contribution is -0.137. The van der Waals surface area contributed by atoms with Gasteiger partial charge in [-0.25, -0.2) is 0 Å². The zero-order valence-electron chi connectivity index (χ0n) is 11.0. The molecule has 1 aromatic rings. The zero-order chi connectivity index (χ0) is 13.0. The molecule has 1 saturated heterocycles. The lowest BCUT2D eigenvalue weighted by Crippen LogP contribution is -2.38. The van der Waals surface area contributed by atoms with Crippen LogP contribution >= 0.6 is 0 Å². The van der Waals surface area contributed by atoms with E-state index < -0.39 is 0 Å². The number of nitrogens with zero attached hydrogens (tertiary/aromatic N) is 1. The van der Waals surface area contributed by atoms with E-state index in [-0.39, 0.29) is 12.0 Å². The zero-order valence-corrected chi connectivity index (χ0v) is 11.0. The highest BCUT2D eigenvalue weighted by molar-refractivity contribution is 5.79. The van der Waals surface area contributed by atoms with Crippen LogP contribution in [0.4, 0.5) is 0 Å². The molecule has 1 aromatic carbocycles. The Labute approximate surface area is 109 Å². The summed E-state index contributed by atoms with van der Waals surface area (Å²) in [6.45, 7) is 0.903. The summed E-state index contributed by atoms with van der Waals surface area (Å²) in [5.41, 5.74) is 7.33. The number of carbonyl (C=O) groups is 1. The molecule has 1 aliphatic rings. The van der Waals surface area contributed by atoms with E-state index >= 15 is 0 Å². The second-order valence-electron chi connectivity index (χ2n) is 5.19. The van der Waals surface area contributed by atoms with Crippen molar-refractivity contribution in [3.63, 3.8) is 0 Å². The molecule has 1 amide bonds. The Bertz CT molecular complexity index is 391. The molecule has 0 saturated carbocycles. The summed E-state index contributed by atoms with van der Waals surface area (Å²) in [6.07, 6.45) is 3.92. The second-order valence-corrected chi connectivity index (χ2v) is 5.19. The third kappa shape index (κ3) is 3.10. The van der Waals surface area contributed by atoms with E-state index in [0.717, 1.165) is 37.8 Å². The first kappa shape index (κ1) is 13.1. The first-order valence-electron chi connectivity index (χ1n) is 6.74. The highest BCUT2D eigenvalue weighted by Crippen LogP contribution is 2.25. The molecule has 3 heteroatoms. The number of carbonyl (C=O) groups excluding carboxylic acids is 1. The smallest absolute Gasteiger partial charge is 0.225 e. The van der Waals surface area contributed by atoms with Gasteiger partial charge in [0.2, 0.25) is 5.91 Å². The van der Waals surface area contributed by atoms with E-state index in [1.807, 2.05) is 30.1 Å². The average molecular weight is 246 g/mol. The van der Waals surface area contributed by atoms with Crippen molar-refractivity contribution in [1.82, 2.24) is 4.90 Å². The van der Waals surface area contributed by atoms with Crippen LogP contribution in [0, 0.1) is 5.92 Å². The van der Waals surface area contributed by atoms with E-state index in [2.05, 4.69) is 12.1 Å². The summed E-state index contributed by atoms with van der Waals surface area (Å²) in [4.78, 5) is 13.8. The first-order valence-corrected chi connectivity index (χ1v) is 6.74. The summed E-state index contributed by atoms with van der Waals surface area (Å²) in [5.74, 6) is 0.472. The van der Waals surface area contributed by atoms with Crippen molar-refractivity contribution in [3.8, 4) is 0 Å². The Kier molecular flexibility index (Phi) is 4.37. The molecule has 3 nitrogen and oxygen atoms in total. The van der Waals surface area contributed by atoms with Crippen molar-refractivity contribution in [2.24, 2.45) is 11.7 Å². The molecule has 2 N–H and O–H groups in total. The maximum Gasteiger partial charge on any atom is 0.225 e. The Morgan fingerprint density at radius 2 is 2.11 bits per heavy atom. The predicted octanol–water partition coefficient (Wildman–Crippen LogP) is 2.33. The first-order chi connectivity index (χ1) is 8.68. The average Bonchev–Trinajstić information content (AvgIpc) is 2.41. The summed E-state index contributed by atoms with van der Waals surface area (Å²) in [5, 5.41) is 0. The van der Waals surface area contributed by atoms with Crippen LogP contribution in [0.1, 0.15) is 37.3 Å². The Morgan fingerprint density at radius 3 is 2.83 bits per heavy atom. The van der Waals surface area contributed by atoms with Gasteiger partial charge in [-0.3, -0.25) is 4.79 Å². The molecule has 0 radical (unpaired) electrons.